The third-order valence-electron chi connectivity index (χ3n) is 2.52. The van der Waals surface area contributed by atoms with E-state index in [2.05, 4.69) is 15.6 Å². The second-order valence-corrected chi connectivity index (χ2v) is 4.24. The van der Waals surface area contributed by atoms with Crippen molar-refractivity contribution in [3.8, 4) is 5.75 Å². The lowest BCUT2D eigenvalue weighted by atomic mass is 10.2. The predicted octanol–water partition coefficient (Wildman–Crippen LogP) is 1.66. The summed E-state index contributed by atoms with van der Waals surface area (Å²) >= 11 is 5.92. The van der Waals surface area contributed by atoms with Crippen LogP contribution in [0.1, 0.15) is 5.56 Å². The van der Waals surface area contributed by atoms with Gasteiger partial charge in [0.15, 0.2) is 5.96 Å². The van der Waals surface area contributed by atoms with Crippen LogP contribution in [0.5, 0.6) is 5.75 Å². The van der Waals surface area contributed by atoms with E-state index < -0.39 is 0 Å². The Morgan fingerprint density at radius 2 is 2.11 bits per heavy atom. The molecule has 0 bridgehead atoms. The lowest BCUT2D eigenvalue weighted by molar-refractivity contribution is 0.203. The number of nitrogens with one attached hydrogen (secondary N) is 2. The largest absolute Gasteiger partial charge is 0.496 e. The highest BCUT2D eigenvalue weighted by atomic mass is 35.5. The molecule has 0 spiro atoms. The van der Waals surface area contributed by atoms with Crippen LogP contribution in [0.2, 0.25) is 5.02 Å². The van der Waals surface area contributed by atoms with Gasteiger partial charge in [-0.05, 0) is 12.1 Å². The van der Waals surface area contributed by atoms with Crippen molar-refractivity contribution >= 4 is 17.6 Å². The number of rotatable bonds is 6. The Balaban J connectivity index is 2.55. The molecule has 0 fully saturated rings. The van der Waals surface area contributed by atoms with Crippen LogP contribution >= 0.6 is 11.6 Å². The van der Waals surface area contributed by atoms with Crippen LogP contribution in [0.4, 0.5) is 0 Å². The summed E-state index contributed by atoms with van der Waals surface area (Å²) in [6.45, 7) is 1.94. The number of methoxy groups -OCH3 is 2. The quantitative estimate of drug-likeness (QED) is 0.474. The van der Waals surface area contributed by atoms with Gasteiger partial charge in [-0.25, -0.2) is 0 Å². The molecule has 1 rings (SSSR count). The Hall–Kier alpha value is -1.46. The smallest absolute Gasteiger partial charge is 0.191 e. The van der Waals surface area contributed by atoms with E-state index in [1.54, 1.807) is 27.3 Å². The van der Waals surface area contributed by atoms with Gasteiger partial charge < -0.3 is 20.1 Å². The van der Waals surface area contributed by atoms with E-state index in [4.69, 9.17) is 21.1 Å². The molecule has 0 saturated carbocycles. The van der Waals surface area contributed by atoms with Crippen molar-refractivity contribution in [2.75, 3.05) is 34.4 Å². The molecule has 0 radical (unpaired) electrons. The maximum atomic E-state index is 5.92. The molecule has 1 aromatic carbocycles. The summed E-state index contributed by atoms with van der Waals surface area (Å²) < 4.78 is 10.3. The van der Waals surface area contributed by atoms with Gasteiger partial charge in [-0.1, -0.05) is 17.7 Å². The average molecular weight is 286 g/mol. The topological polar surface area (TPSA) is 54.9 Å². The van der Waals surface area contributed by atoms with Gasteiger partial charge in [0, 0.05) is 37.8 Å². The second kappa shape index (κ2) is 8.61. The van der Waals surface area contributed by atoms with Crippen LogP contribution in [0.15, 0.2) is 23.2 Å². The number of nitrogens with zero attached hydrogens (tertiary/aromatic N) is 1. The molecule has 2 N–H and O–H groups in total. The maximum absolute atomic E-state index is 5.92. The molecular formula is C13H20ClN3O2. The minimum absolute atomic E-state index is 0.604. The summed E-state index contributed by atoms with van der Waals surface area (Å²) in [5, 5.41) is 6.99. The van der Waals surface area contributed by atoms with Crippen LogP contribution in [-0.4, -0.2) is 40.4 Å². The van der Waals surface area contributed by atoms with E-state index in [0.717, 1.165) is 11.3 Å². The Morgan fingerprint density at radius 1 is 1.32 bits per heavy atom. The minimum Gasteiger partial charge on any atom is -0.496 e. The minimum atomic E-state index is 0.604. The van der Waals surface area contributed by atoms with Crippen molar-refractivity contribution in [2.24, 2.45) is 4.99 Å². The third-order valence-corrected chi connectivity index (χ3v) is 2.75. The molecule has 5 nitrogen and oxygen atoms in total. The van der Waals surface area contributed by atoms with Crippen molar-refractivity contribution in [1.82, 2.24) is 10.6 Å². The summed E-state index contributed by atoms with van der Waals surface area (Å²) in [6.07, 6.45) is 0. The fraction of sp³-hybridized carbons (Fsp3) is 0.462. The molecular weight excluding hydrogens is 266 g/mol. The maximum Gasteiger partial charge on any atom is 0.191 e. The van der Waals surface area contributed by atoms with Gasteiger partial charge in [0.25, 0.3) is 0 Å². The van der Waals surface area contributed by atoms with Crippen molar-refractivity contribution in [1.29, 1.82) is 0 Å². The van der Waals surface area contributed by atoms with E-state index in [1.165, 1.54) is 0 Å². The first kappa shape index (κ1) is 15.6. The molecule has 6 heteroatoms. The first-order valence-electron chi connectivity index (χ1n) is 5.97. The van der Waals surface area contributed by atoms with Gasteiger partial charge in [0.05, 0.1) is 13.7 Å². The number of hydrogen-bond donors (Lipinski definition) is 2. The van der Waals surface area contributed by atoms with Crippen molar-refractivity contribution in [3.63, 3.8) is 0 Å². The number of halogens is 1. The first-order valence-corrected chi connectivity index (χ1v) is 6.35. The van der Waals surface area contributed by atoms with Crippen LogP contribution in [-0.2, 0) is 11.3 Å². The predicted molar refractivity (Wildman–Crippen MR) is 78.1 cm³/mol. The summed E-state index contributed by atoms with van der Waals surface area (Å²) in [4.78, 5) is 4.12. The van der Waals surface area contributed by atoms with E-state index in [1.807, 2.05) is 12.1 Å². The normalized spacial score (nSPS) is 11.3. The third kappa shape index (κ3) is 5.36. The zero-order valence-electron chi connectivity index (χ0n) is 11.5. The van der Waals surface area contributed by atoms with E-state index >= 15 is 0 Å². The molecule has 0 saturated heterocycles. The number of benzene rings is 1. The Bertz CT molecular complexity index is 424. The van der Waals surface area contributed by atoms with Crippen molar-refractivity contribution in [2.45, 2.75) is 6.54 Å². The van der Waals surface area contributed by atoms with E-state index in [0.29, 0.717) is 30.7 Å². The molecule has 0 heterocycles. The van der Waals surface area contributed by atoms with Crippen LogP contribution in [0, 0.1) is 0 Å². The lowest BCUT2D eigenvalue weighted by Gasteiger charge is -2.13. The number of guanidine groups is 1. The Labute approximate surface area is 119 Å². The first-order chi connectivity index (χ1) is 9.21. The molecule has 0 aliphatic heterocycles. The molecule has 0 atom stereocenters. The average Bonchev–Trinajstić information content (AvgIpc) is 2.43. The second-order valence-electron chi connectivity index (χ2n) is 3.80. The van der Waals surface area contributed by atoms with Gasteiger partial charge >= 0.3 is 0 Å². The SMILES string of the molecule is CN=C(NCCOC)NCc1ccc(Cl)cc1OC. The molecule has 106 valence electrons. The van der Waals surface area contributed by atoms with Gasteiger partial charge in [-0.2, -0.15) is 0 Å². The molecule has 0 unspecified atom stereocenters. The van der Waals surface area contributed by atoms with Crippen molar-refractivity contribution in [3.05, 3.63) is 28.8 Å². The molecule has 19 heavy (non-hydrogen) atoms. The standard InChI is InChI=1S/C13H20ClN3O2/c1-15-13(16-6-7-18-2)17-9-10-4-5-11(14)8-12(10)19-3/h4-5,8H,6-7,9H2,1-3H3,(H2,15,16,17). The Kier molecular flexibility index (Phi) is 7.07. The van der Waals surface area contributed by atoms with Crippen LogP contribution in [0.3, 0.4) is 0 Å². The van der Waals surface area contributed by atoms with E-state index in [9.17, 15) is 0 Å². The summed E-state index contributed by atoms with van der Waals surface area (Å²) in [7, 11) is 5.01. The van der Waals surface area contributed by atoms with Crippen LogP contribution < -0.4 is 15.4 Å². The van der Waals surface area contributed by atoms with Gasteiger partial charge in [0.2, 0.25) is 0 Å². The fourth-order valence-electron chi connectivity index (χ4n) is 1.54. The molecule has 0 aliphatic rings. The number of ether oxygens (including phenoxy) is 2. The number of aliphatic imine (C=N–C) groups is 1. The summed E-state index contributed by atoms with van der Waals surface area (Å²) in [5.74, 6) is 1.47. The van der Waals surface area contributed by atoms with Gasteiger partial charge in [-0.15, -0.1) is 0 Å². The molecule has 0 amide bonds. The monoisotopic (exact) mass is 285 g/mol. The van der Waals surface area contributed by atoms with Gasteiger partial charge in [0.1, 0.15) is 5.75 Å². The highest BCUT2D eigenvalue weighted by molar-refractivity contribution is 6.30. The van der Waals surface area contributed by atoms with Gasteiger partial charge in [-0.3, -0.25) is 4.99 Å². The zero-order valence-corrected chi connectivity index (χ0v) is 12.3. The highest BCUT2D eigenvalue weighted by Crippen LogP contribution is 2.22. The fourth-order valence-corrected chi connectivity index (χ4v) is 1.70. The highest BCUT2D eigenvalue weighted by Gasteiger charge is 2.04. The molecule has 1 aromatic rings. The van der Waals surface area contributed by atoms with Crippen molar-refractivity contribution < 1.29 is 9.47 Å². The molecule has 0 aromatic heterocycles. The van der Waals surface area contributed by atoms with Crippen LogP contribution in [0.25, 0.3) is 0 Å². The number of hydrogen-bond acceptors (Lipinski definition) is 3. The zero-order chi connectivity index (χ0) is 14.1. The Morgan fingerprint density at radius 3 is 2.74 bits per heavy atom. The summed E-state index contributed by atoms with van der Waals surface area (Å²) in [6, 6.07) is 5.55. The van der Waals surface area contributed by atoms with E-state index in [-0.39, 0.29) is 0 Å². The lowest BCUT2D eigenvalue weighted by Crippen LogP contribution is -2.38. The molecule has 0 aliphatic carbocycles. The summed E-state index contributed by atoms with van der Waals surface area (Å²) in [5.41, 5.74) is 1.02.